The van der Waals surface area contributed by atoms with Crippen LogP contribution in [0.4, 0.5) is 18.0 Å². The highest BCUT2D eigenvalue weighted by Crippen LogP contribution is 2.45. The maximum Gasteiger partial charge on any atom is 0.392 e. The maximum absolute atomic E-state index is 13.1. The number of likely N-dealkylation sites (tertiary alicyclic amines) is 1. The summed E-state index contributed by atoms with van der Waals surface area (Å²) in [6.07, 6.45) is -4.30. The van der Waals surface area contributed by atoms with E-state index in [1.165, 1.54) is 4.90 Å². The van der Waals surface area contributed by atoms with Gasteiger partial charge in [0.15, 0.2) is 0 Å². The Balaban J connectivity index is 1.95. The second-order valence-corrected chi connectivity index (χ2v) is 7.36. The Morgan fingerprint density at radius 2 is 1.96 bits per heavy atom. The highest BCUT2D eigenvalue weighted by atomic mass is 19.4. The number of hydrogen-bond acceptors (Lipinski definition) is 2. The van der Waals surface area contributed by atoms with Crippen LogP contribution in [0.15, 0.2) is 24.3 Å². The molecule has 0 unspecified atom stereocenters. The first-order valence-corrected chi connectivity index (χ1v) is 8.89. The van der Waals surface area contributed by atoms with Crippen LogP contribution in [0, 0.1) is 11.3 Å². The third-order valence-electron chi connectivity index (χ3n) is 4.92. The van der Waals surface area contributed by atoms with Gasteiger partial charge in [-0.25, -0.2) is 4.79 Å². The molecule has 7 heteroatoms. The minimum absolute atomic E-state index is 0.0646. The van der Waals surface area contributed by atoms with Crippen molar-refractivity contribution in [1.82, 2.24) is 10.2 Å². The molecule has 1 N–H and O–H groups in total. The van der Waals surface area contributed by atoms with Crippen LogP contribution in [-0.2, 0) is 17.9 Å². The fraction of sp³-hybridized carbons (Fsp3) is 0.632. The Labute approximate surface area is 152 Å². The molecule has 26 heavy (non-hydrogen) atoms. The van der Waals surface area contributed by atoms with Gasteiger partial charge in [0.05, 0.1) is 12.5 Å². The van der Waals surface area contributed by atoms with Gasteiger partial charge in [0.2, 0.25) is 0 Å². The fourth-order valence-corrected chi connectivity index (χ4v) is 3.50. The van der Waals surface area contributed by atoms with Gasteiger partial charge in [-0.3, -0.25) is 0 Å². The largest absolute Gasteiger partial charge is 0.392 e. The monoisotopic (exact) mass is 372 g/mol. The van der Waals surface area contributed by atoms with E-state index in [-0.39, 0.29) is 25.5 Å². The molecule has 1 atom stereocenters. The van der Waals surface area contributed by atoms with Gasteiger partial charge in [-0.05, 0) is 29.9 Å². The molecular weight excluding hydrogens is 345 g/mol. The lowest BCUT2D eigenvalue weighted by Gasteiger charge is -2.44. The summed E-state index contributed by atoms with van der Waals surface area (Å²) in [7, 11) is 0. The number of carbonyl (C=O) groups excluding carboxylic acids is 1. The molecule has 146 valence electrons. The minimum Gasteiger partial charge on any atom is -0.377 e. The molecule has 4 nitrogen and oxygen atoms in total. The van der Waals surface area contributed by atoms with Gasteiger partial charge in [0.25, 0.3) is 0 Å². The molecule has 0 radical (unpaired) electrons. The normalized spacial score (nSPS) is 20.1. The third-order valence-corrected chi connectivity index (χ3v) is 4.92. The standard InChI is InChI=1S/C19H27F3N2O2/c1-4-26-12-15-8-6-5-7-14(15)11-23-17(25)24-10-9-16(19(20,21)22)18(2,3)13-24/h5-8,16H,4,9-13H2,1-3H3,(H,23,25)/t16-/m1/s1. The average Bonchev–Trinajstić information content (AvgIpc) is 2.56. The van der Waals surface area contributed by atoms with E-state index in [9.17, 15) is 18.0 Å². The van der Waals surface area contributed by atoms with Crippen LogP contribution in [0.25, 0.3) is 0 Å². The predicted octanol–water partition coefficient (Wildman–Crippen LogP) is 4.34. The molecule has 0 bridgehead atoms. The van der Waals surface area contributed by atoms with Crippen molar-refractivity contribution in [3.05, 3.63) is 35.4 Å². The summed E-state index contributed by atoms with van der Waals surface area (Å²) in [4.78, 5) is 13.9. The molecule has 0 spiro atoms. The van der Waals surface area contributed by atoms with Gasteiger partial charge >= 0.3 is 12.2 Å². The van der Waals surface area contributed by atoms with Crippen molar-refractivity contribution in [2.75, 3.05) is 19.7 Å². The number of nitrogens with one attached hydrogen (secondary N) is 1. The molecule has 0 aliphatic carbocycles. The Kier molecular flexibility index (Phi) is 6.55. The topological polar surface area (TPSA) is 41.6 Å². The third kappa shape index (κ3) is 5.13. The number of ether oxygens (including phenoxy) is 1. The lowest BCUT2D eigenvalue weighted by molar-refractivity contribution is -0.214. The van der Waals surface area contributed by atoms with Crippen molar-refractivity contribution in [1.29, 1.82) is 0 Å². The van der Waals surface area contributed by atoms with Crippen molar-refractivity contribution in [3.8, 4) is 0 Å². The van der Waals surface area contributed by atoms with Crippen LogP contribution >= 0.6 is 0 Å². The molecule has 1 aliphatic rings. The maximum atomic E-state index is 13.1. The van der Waals surface area contributed by atoms with Crippen molar-refractivity contribution in [2.45, 2.75) is 46.5 Å². The first kappa shape index (κ1) is 20.6. The van der Waals surface area contributed by atoms with Crippen LogP contribution in [0.1, 0.15) is 38.3 Å². The summed E-state index contributed by atoms with van der Waals surface area (Å²) in [5.74, 6) is -1.38. The molecule has 1 heterocycles. The van der Waals surface area contributed by atoms with Gasteiger partial charge in [0.1, 0.15) is 0 Å². The second kappa shape index (κ2) is 8.29. The Morgan fingerprint density at radius 3 is 2.54 bits per heavy atom. The number of halogens is 3. The van der Waals surface area contributed by atoms with Crippen molar-refractivity contribution < 1.29 is 22.7 Å². The number of benzene rings is 1. The zero-order chi connectivity index (χ0) is 19.4. The van der Waals surface area contributed by atoms with Crippen molar-refractivity contribution in [2.24, 2.45) is 11.3 Å². The van der Waals surface area contributed by atoms with E-state index in [0.717, 1.165) is 11.1 Å². The van der Waals surface area contributed by atoms with Gasteiger partial charge in [0, 0.05) is 26.2 Å². The van der Waals surface area contributed by atoms with Crippen LogP contribution in [-0.4, -0.2) is 36.8 Å². The van der Waals surface area contributed by atoms with Crippen LogP contribution in [0.3, 0.4) is 0 Å². The molecule has 1 saturated heterocycles. The summed E-state index contributed by atoms with van der Waals surface area (Å²) >= 11 is 0. The van der Waals surface area contributed by atoms with Gasteiger partial charge in [-0.15, -0.1) is 0 Å². The first-order valence-electron chi connectivity index (χ1n) is 8.89. The van der Waals surface area contributed by atoms with Crippen LogP contribution in [0.2, 0.25) is 0 Å². The van der Waals surface area contributed by atoms with Crippen molar-refractivity contribution in [3.63, 3.8) is 0 Å². The van der Waals surface area contributed by atoms with E-state index in [1.54, 1.807) is 13.8 Å². The summed E-state index contributed by atoms with van der Waals surface area (Å²) in [5, 5.41) is 2.83. The number of alkyl halides is 3. The molecule has 1 fully saturated rings. The second-order valence-electron chi connectivity index (χ2n) is 7.36. The van der Waals surface area contributed by atoms with Gasteiger partial charge < -0.3 is 15.0 Å². The molecule has 2 amide bonds. The highest BCUT2D eigenvalue weighted by Gasteiger charge is 2.51. The zero-order valence-corrected chi connectivity index (χ0v) is 15.5. The number of hydrogen-bond donors (Lipinski definition) is 1. The first-order chi connectivity index (χ1) is 12.1. The van der Waals surface area contributed by atoms with Crippen LogP contribution in [0.5, 0.6) is 0 Å². The number of nitrogens with zero attached hydrogens (tertiary/aromatic N) is 1. The highest BCUT2D eigenvalue weighted by molar-refractivity contribution is 5.74. The molecule has 0 saturated carbocycles. The van der Waals surface area contributed by atoms with Crippen molar-refractivity contribution >= 4 is 6.03 Å². The Bertz CT molecular complexity index is 617. The van der Waals surface area contributed by atoms with Crippen LogP contribution < -0.4 is 5.32 Å². The van der Waals surface area contributed by atoms with Gasteiger partial charge in [-0.1, -0.05) is 38.1 Å². The molecule has 1 aromatic carbocycles. The van der Waals surface area contributed by atoms with E-state index in [0.29, 0.717) is 19.8 Å². The fourth-order valence-electron chi connectivity index (χ4n) is 3.50. The quantitative estimate of drug-likeness (QED) is 0.835. The number of rotatable bonds is 5. The predicted molar refractivity (Wildman–Crippen MR) is 93.5 cm³/mol. The smallest absolute Gasteiger partial charge is 0.377 e. The number of amides is 2. The zero-order valence-electron chi connectivity index (χ0n) is 15.5. The Hall–Kier alpha value is -1.76. The Morgan fingerprint density at radius 1 is 1.31 bits per heavy atom. The lowest BCUT2D eigenvalue weighted by atomic mass is 9.73. The molecule has 2 rings (SSSR count). The number of carbonyl (C=O) groups is 1. The molecular formula is C19H27F3N2O2. The van der Waals surface area contributed by atoms with E-state index < -0.39 is 17.5 Å². The molecule has 1 aliphatic heterocycles. The SMILES string of the molecule is CCOCc1ccccc1CNC(=O)N1CC[C@@H](C(F)(F)F)C(C)(C)C1. The van der Waals surface area contributed by atoms with E-state index in [4.69, 9.17) is 4.74 Å². The molecule has 0 aromatic heterocycles. The van der Waals surface area contributed by atoms with E-state index in [1.807, 2.05) is 31.2 Å². The number of piperidine rings is 1. The van der Waals surface area contributed by atoms with E-state index in [2.05, 4.69) is 5.32 Å². The van der Waals surface area contributed by atoms with E-state index >= 15 is 0 Å². The molecule has 1 aromatic rings. The summed E-state index contributed by atoms with van der Waals surface area (Å²) in [5.41, 5.74) is 0.935. The summed E-state index contributed by atoms with van der Waals surface area (Å²) in [6.45, 7) is 6.64. The van der Waals surface area contributed by atoms with Gasteiger partial charge in [-0.2, -0.15) is 13.2 Å². The average molecular weight is 372 g/mol. The summed E-state index contributed by atoms with van der Waals surface area (Å²) < 4.78 is 44.9. The minimum atomic E-state index is -4.23. The lowest BCUT2D eigenvalue weighted by Crippen LogP contribution is -2.54. The summed E-state index contributed by atoms with van der Waals surface area (Å²) in [6, 6.07) is 7.31. The number of urea groups is 1.